The lowest BCUT2D eigenvalue weighted by Crippen LogP contribution is -2.41. The van der Waals surface area contributed by atoms with E-state index in [0.29, 0.717) is 19.4 Å². The van der Waals surface area contributed by atoms with Gasteiger partial charge in [0.15, 0.2) is 0 Å². The minimum Gasteiger partial charge on any atom is -0.394 e. The Bertz CT molecular complexity index is 658. The minimum atomic E-state index is -3.68. The topological polar surface area (TPSA) is 82.1 Å². The Labute approximate surface area is 155 Å². The maximum Gasteiger partial charge on any atom is 0.264 e. The van der Waals surface area contributed by atoms with E-state index in [2.05, 4.69) is 0 Å². The van der Waals surface area contributed by atoms with E-state index in [-0.39, 0.29) is 12.2 Å². The number of aliphatic hydroxyl groups is 1. The van der Waals surface area contributed by atoms with Crippen molar-refractivity contribution in [1.82, 2.24) is 0 Å². The number of hydrogen-bond acceptors (Lipinski definition) is 6. The molecule has 4 atom stereocenters. The van der Waals surface area contributed by atoms with Crippen LogP contribution in [0.4, 0.5) is 0 Å². The first-order valence-electron chi connectivity index (χ1n) is 8.88. The quantitative estimate of drug-likeness (QED) is 0.520. The summed E-state index contributed by atoms with van der Waals surface area (Å²) in [5, 5.41) is 9.54. The molecule has 0 aromatic heterocycles. The van der Waals surface area contributed by atoms with Crippen LogP contribution in [0.3, 0.4) is 0 Å². The molecule has 0 amide bonds. The van der Waals surface area contributed by atoms with Gasteiger partial charge in [0.05, 0.1) is 37.8 Å². The molecule has 7 heteroatoms. The van der Waals surface area contributed by atoms with E-state index in [1.165, 1.54) is 0 Å². The Morgan fingerprint density at radius 3 is 2.31 bits per heavy atom. The summed E-state index contributed by atoms with van der Waals surface area (Å²) in [5.74, 6) is 0. The van der Waals surface area contributed by atoms with Gasteiger partial charge in [-0.25, -0.2) is 0 Å². The van der Waals surface area contributed by atoms with Gasteiger partial charge in [0, 0.05) is 0 Å². The minimum absolute atomic E-state index is 0.141. The SMILES string of the molecule is CC[C@H](OCc1ccccc1)[C@H]1CC=CC[C@H]([C@@H](CO)OS(C)(=O)=O)O1. The Hall–Kier alpha value is -1.25. The van der Waals surface area contributed by atoms with E-state index in [4.69, 9.17) is 13.7 Å². The van der Waals surface area contributed by atoms with Crippen LogP contribution < -0.4 is 0 Å². The van der Waals surface area contributed by atoms with Gasteiger partial charge in [0.1, 0.15) is 6.10 Å². The van der Waals surface area contributed by atoms with Crippen LogP contribution in [0, 0.1) is 0 Å². The van der Waals surface area contributed by atoms with Crippen LogP contribution in [0.1, 0.15) is 31.7 Å². The average molecular weight is 384 g/mol. The van der Waals surface area contributed by atoms with Crippen LogP contribution in [-0.4, -0.2) is 50.8 Å². The molecule has 1 N–H and O–H groups in total. The van der Waals surface area contributed by atoms with Gasteiger partial charge in [-0.1, -0.05) is 49.4 Å². The molecule has 0 unspecified atom stereocenters. The predicted molar refractivity (Wildman–Crippen MR) is 99.1 cm³/mol. The summed E-state index contributed by atoms with van der Waals surface area (Å²) in [6.45, 7) is 2.08. The van der Waals surface area contributed by atoms with Gasteiger partial charge in [-0.2, -0.15) is 8.42 Å². The molecule has 1 aliphatic rings. The third kappa shape index (κ3) is 6.81. The predicted octanol–water partition coefficient (Wildman–Crippen LogP) is 2.42. The highest BCUT2D eigenvalue weighted by Gasteiger charge is 2.32. The van der Waals surface area contributed by atoms with Crippen molar-refractivity contribution in [1.29, 1.82) is 0 Å². The van der Waals surface area contributed by atoms with Crippen LogP contribution in [0.2, 0.25) is 0 Å². The number of benzene rings is 1. The normalized spacial score (nSPS) is 23.3. The summed E-state index contributed by atoms with van der Waals surface area (Å²) in [5.41, 5.74) is 1.08. The number of ether oxygens (including phenoxy) is 2. The highest BCUT2D eigenvalue weighted by atomic mass is 32.2. The maximum atomic E-state index is 11.4. The molecular weight excluding hydrogens is 356 g/mol. The standard InChI is InChI=1S/C19H28O6S/c1-3-16(23-14-15-9-5-4-6-10-15)17-11-7-8-12-18(24-17)19(13-20)25-26(2,21)22/h4-10,16-20H,3,11-14H2,1-2H3/t16-,17+,18+,19+/m0/s1. The highest BCUT2D eigenvalue weighted by molar-refractivity contribution is 7.86. The van der Waals surface area contributed by atoms with Crippen LogP contribution in [0.5, 0.6) is 0 Å². The molecule has 1 aliphatic heterocycles. The summed E-state index contributed by atoms with van der Waals surface area (Å²) in [6, 6.07) is 9.90. The molecule has 26 heavy (non-hydrogen) atoms. The van der Waals surface area contributed by atoms with Crippen molar-refractivity contribution >= 4 is 10.1 Å². The molecule has 0 spiro atoms. The highest BCUT2D eigenvalue weighted by Crippen LogP contribution is 2.24. The Morgan fingerprint density at radius 1 is 1.15 bits per heavy atom. The number of rotatable bonds is 9. The first-order chi connectivity index (χ1) is 12.4. The van der Waals surface area contributed by atoms with Crippen molar-refractivity contribution in [3.63, 3.8) is 0 Å². The van der Waals surface area contributed by atoms with Crippen molar-refractivity contribution in [2.75, 3.05) is 12.9 Å². The fourth-order valence-corrected chi connectivity index (χ4v) is 3.61. The van der Waals surface area contributed by atoms with E-state index in [1.807, 2.05) is 49.4 Å². The van der Waals surface area contributed by atoms with Gasteiger partial charge in [-0.15, -0.1) is 0 Å². The monoisotopic (exact) mass is 384 g/mol. The lowest BCUT2D eigenvalue weighted by atomic mass is 10.1. The van der Waals surface area contributed by atoms with Gasteiger partial charge >= 0.3 is 0 Å². The first-order valence-corrected chi connectivity index (χ1v) is 10.7. The fourth-order valence-electron chi connectivity index (χ4n) is 2.98. The third-order valence-electron chi connectivity index (χ3n) is 4.27. The summed E-state index contributed by atoms with van der Waals surface area (Å²) in [4.78, 5) is 0. The average Bonchev–Trinajstić information content (AvgIpc) is 2.87. The van der Waals surface area contributed by atoms with Crippen LogP contribution >= 0.6 is 0 Å². The molecule has 0 aliphatic carbocycles. The second kappa shape index (κ2) is 10.2. The van der Waals surface area contributed by atoms with E-state index in [9.17, 15) is 13.5 Å². The largest absolute Gasteiger partial charge is 0.394 e. The third-order valence-corrected chi connectivity index (χ3v) is 4.87. The zero-order valence-electron chi connectivity index (χ0n) is 15.3. The summed E-state index contributed by atoms with van der Waals surface area (Å²) in [7, 11) is -3.68. The molecular formula is C19H28O6S. The molecule has 0 saturated heterocycles. The number of aliphatic hydroxyl groups excluding tert-OH is 1. The Balaban J connectivity index is 2.02. The molecule has 1 aromatic carbocycles. The van der Waals surface area contributed by atoms with E-state index in [1.54, 1.807) is 0 Å². The Morgan fingerprint density at radius 2 is 1.77 bits per heavy atom. The smallest absolute Gasteiger partial charge is 0.264 e. The van der Waals surface area contributed by atoms with E-state index < -0.39 is 28.9 Å². The summed E-state index contributed by atoms with van der Waals surface area (Å²) < 4.78 is 40.0. The maximum absolute atomic E-state index is 11.4. The van der Waals surface area contributed by atoms with E-state index >= 15 is 0 Å². The van der Waals surface area contributed by atoms with Crippen molar-refractivity contribution in [2.45, 2.75) is 57.2 Å². The molecule has 146 valence electrons. The lowest BCUT2D eigenvalue weighted by Gasteiger charge is -2.31. The zero-order valence-corrected chi connectivity index (χ0v) is 16.1. The second-order valence-electron chi connectivity index (χ2n) is 6.42. The summed E-state index contributed by atoms with van der Waals surface area (Å²) in [6.07, 6.45) is 4.97. The van der Waals surface area contributed by atoms with Crippen molar-refractivity contribution in [3.05, 3.63) is 48.0 Å². The molecule has 0 saturated carbocycles. The van der Waals surface area contributed by atoms with Gasteiger partial charge in [-0.3, -0.25) is 4.18 Å². The molecule has 6 nitrogen and oxygen atoms in total. The van der Waals surface area contributed by atoms with E-state index in [0.717, 1.165) is 18.2 Å². The molecule has 0 bridgehead atoms. The van der Waals surface area contributed by atoms with Gasteiger partial charge in [-0.05, 0) is 24.8 Å². The van der Waals surface area contributed by atoms with Gasteiger partial charge < -0.3 is 14.6 Å². The molecule has 1 aromatic rings. The summed E-state index contributed by atoms with van der Waals surface area (Å²) >= 11 is 0. The van der Waals surface area contributed by atoms with Crippen molar-refractivity contribution in [2.24, 2.45) is 0 Å². The molecule has 0 radical (unpaired) electrons. The molecule has 1 heterocycles. The van der Waals surface area contributed by atoms with Gasteiger partial charge in [0.2, 0.25) is 0 Å². The zero-order chi connectivity index (χ0) is 19.0. The lowest BCUT2D eigenvalue weighted by molar-refractivity contribution is -0.131. The van der Waals surface area contributed by atoms with Crippen molar-refractivity contribution in [3.8, 4) is 0 Å². The molecule has 0 fully saturated rings. The number of hydrogen-bond donors (Lipinski definition) is 1. The van der Waals surface area contributed by atoms with Crippen LogP contribution in [0.25, 0.3) is 0 Å². The second-order valence-corrected chi connectivity index (χ2v) is 8.02. The fraction of sp³-hybridized carbons (Fsp3) is 0.579. The van der Waals surface area contributed by atoms with Gasteiger partial charge in [0.25, 0.3) is 10.1 Å². The van der Waals surface area contributed by atoms with Crippen LogP contribution in [-0.2, 0) is 30.4 Å². The Kier molecular flexibility index (Phi) is 8.24. The molecule has 2 rings (SSSR count). The first kappa shape index (κ1) is 21.1. The van der Waals surface area contributed by atoms with Crippen molar-refractivity contribution < 1.29 is 27.2 Å². The van der Waals surface area contributed by atoms with Crippen LogP contribution in [0.15, 0.2) is 42.5 Å².